The van der Waals surface area contributed by atoms with E-state index in [9.17, 15) is 63.2 Å². The Morgan fingerprint density at radius 3 is 1.87 bits per heavy atom. The van der Waals surface area contributed by atoms with Gasteiger partial charge >= 0.3 is 23.8 Å². The van der Waals surface area contributed by atoms with E-state index in [1.165, 1.54) is 42.5 Å². The maximum atomic E-state index is 14.4. The quantitative estimate of drug-likeness (QED) is 0.0331. The Labute approximate surface area is 596 Å². The molecule has 11 rings (SSSR count). The number of hydrogen-bond donors (Lipinski definition) is 3. The summed E-state index contributed by atoms with van der Waals surface area (Å²) in [4.78, 5) is 85.7. The summed E-state index contributed by atoms with van der Waals surface area (Å²) in [5.74, 6) is -3.98. The molecule has 0 radical (unpaired) electrons. The topological polar surface area (TPSA) is 333 Å². The number of nitrogens with two attached hydrogens (primary N) is 1. The number of aromatic nitrogens is 7. The van der Waals surface area contributed by atoms with Gasteiger partial charge in [0, 0.05) is 60.8 Å². The van der Waals surface area contributed by atoms with Crippen LogP contribution in [0.2, 0.25) is 0 Å². The van der Waals surface area contributed by atoms with Crippen LogP contribution in [0.5, 0.6) is 5.88 Å². The molecule has 0 unspecified atom stereocenters. The van der Waals surface area contributed by atoms with Crippen LogP contribution in [0.25, 0.3) is 16.8 Å². The minimum absolute atomic E-state index is 0.00623. The molecule has 0 amide bonds. The highest BCUT2D eigenvalue weighted by Crippen LogP contribution is 2.42. The van der Waals surface area contributed by atoms with Crippen molar-refractivity contribution < 1.29 is 72.7 Å². The molecule has 33 heteroatoms. The van der Waals surface area contributed by atoms with Gasteiger partial charge in [0.15, 0.2) is 26.9 Å². The summed E-state index contributed by atoms with van der Waals surface area (Å²) in [6.45, 7) is 19.0. The predicted molar refractivity (Wildman–Crippen MR) is 381 cm³/mol. The first-order valence-electron chi connectivity index (χ1n) is 32.4. The molecule has 5 aromatic carbocycles. The summed E-state index contributed by atoms with van der Waals surface area (Å²) >= 11 is 4.73. The van der Waals surface area contributed by atoms with E-state index in [1.807, 2.05) is 81.4 Å². The largest absolute Gasteiger partial charge is 0.461 e. The van der Waals surface area contributed by atoms with Gasteiger partial charge in [-0.1, -0.05) is 115 Å². The van der Waals surface area contributed by atoms with E-state index in [4.69, 9.17) is 41.8 Å². The normalized spacial score (nSPS) is 14.1. The zero-order valence-electron chi connectivity index (χ0n) is 58.6. The lowest BCUT2D eigenvalue weighted by molar-refractivity contribution is -0.147. The van der Waals surface area contributed by atoms with Crippen molar-refractivity contribution in [2.75, 3.05) is 43.2 Å². The molecule has 8 aromatic rings. The van der Waals surface area contributed by atoms with Gasteiger partial charge in [0.1, 0.15) is 34.2 Å². The maximum absolute atomic E-state index is 14.4. The van der Waals surface area contributed by atoms with Crippen molar-refractivity contribution in [3.8, 4) is 22.7 Å². The number of sulfonamides is 1. The highest BCUT2D eigenvalue weighted by atomic mass is 32.2. The third-order valence-electron chi connectivity index (χ3n) is 16.7. The van der Waals surface area contributed by atoms with Gasteiger partial charge in [0.2, 0.25) is 21.7 Å². The number of nitrogens with zero attached hydrogens (tertiary/aromatic N) is 8. The smallest absolute Gasteiger partial charge is 0.451 e. The molecule has 0 atom stereocenters. The lowest BCUT2D eigenvalue weighted by Gasteiger charge is -2.27. The van der Waals surface area contributed by atoms with Crippen LogP contribution in [0.3, 0.4) is 0 Å². The number of halogens is 4. The van der Waals surface area contributed by atoms with Crippen LogP contribution >= 0.6 is 12.2 Å². The Kier molecular flexibility index (Phi) is 24.5. The molecular weight excluding hydrogens is 1410 g/mol. The van der Waals surface area contributed by atoms with Crippen molar-refractivity contribution in [3.63, 3.8) is 0 Å². The first-order chi connectivity index (χ1) is 48.4. The van der Waals surface area contributed by atoms with Crippen molar-refractivity contribution in [1.29, 1.82) is 0 Å². The number of thiocarbonyl (C=S) groups is 1. The number of aromatic amines is 1. The van der Waals surface area contributed by atoms with E-state index >= 15 is 0 Å². The fourth-order valence-electron chi connectivity index (χ4n) is 11.4. The fourth-order valence-corrected chi connectivity index (χ4v) is 13.2. The van der Waals surface area contributed by atoms with Gasteiger partial charge < -0.3 is 34.7 Å². The molecule has 6 heterocycles. The van der Waals surface area contributed by atoms with E-state index < -0.39 is 77.4 Å². The second kappa shape index (κ2) is 32.0. The number of carbonyl (C=O) groups is 3. The molecule has 3 aliphatic heterocycles. The average molecular weight is 1490 g/mol. The third-order valence-corrected chi connectivity index (χ3v) is 19.3. The van der Waals surface area contributed by atoms with Crippen LogP contribution in [-0.2, 0) is 100 Å². The second-order valence-electron chi connectivity index (χ2n) is 24.9. The number of oxime groups is 2. The van der Waals surface area contributed by atoms with E-state index in [0.717, 1.165) is 60.0 Å². The molecule has 0 saturated heterocycles. The second-order valence-corrected chi connectivity index (χ2v) is 29.3. The van der Waals surface area contributed by atoms with E-state index in [2.05, 4.69) is 58.1 Å². The Morgan fingerprint density at radius 2 is 1.38 bits per heavy atom. The number of sulfone groups is 1. The number of hydrogen-bond acceptors (Lipinski definition) is 19. The lowest BCUT2D eigenvalue weighted by Crippen LogP contribution is -2.29. The number of ether oxygens (including phenoxy) is 3. The minimum atomic E-state index is -4.96. The van der Waals surface area contributed by atoms with Crippen LogP contribution in [0.1, 0.15) is 128 Å². The first-order valence-corrected chi connectivity index (χ1v) is 36.4. The highest BCUT2D eigenvalue weighted by molar-refractivity contribution is 7.92. The molecule has 4 N–H and O–H groups in total. The number of H-pyrrole nitrogens is 1. The van der Waals surface area contributed by atoms with E-state index in [-0.39, 0.29) is 58.8 Å². The van der Waals surface area contributed by atoms with Gasteiger partial charge in [-0.2, -0.15) is 17.9 Å². The number of fused-ring (bicyclic) bond motifs is 1. The zero-order valence-corrected chi connectivity index (χ0v) is 61.1. The molecule has 0 bridgehead atoms. The first kappa shape index (κ1) is 78.6. The Hall–Kier alpha value is -10.1. The summed E-state index contributed by atoms with van der Waals surface area (Å²) in [5.41, 5.74) is 9.52. The van der Waals surface area contributed by atoms with Crippen LogP contribution in [0.15, 0.2) is 133 Å². The van der Waals surface area contributed by atoms with Crippen molar-refractivity contribution in [3.05, 3.63) is 202 Å². The summed E-state index contributed by atoms with van der Waals surface area (Å²) < 4.78 is 125. The summed E-state index contributed by atoms with van der Waals surface area (Å²) in [6, 6.07) is 28.2. The molecule has 550 valence electrons. The van der Waals surface area contributed by atoms with Crippen LogP contribution in [-0.4, -0.2) is 123 Å². The van der Waals surface area contributed by atoms with Crippen LogP contribution in [0.4, 0.5) is 23.2 Å². The van der Waals surface area contributed by atoms with Gasteiger partial charge in [-0.15, -0.1) is 5.10 Å². The Bertz CT molecular complexity index is 4980. The lowest BCUT2D eigenvalue weighted by atomic mass is 9.82. The number of rotatable bonds is 17. The van der Waals surface area contributed by atoms with Gasteiger partial charge in [0.25, 0.3) is 11.1 Å². The molecule has 0 saturated carbocycles. The summed E-state index contributed by atoms with van der Waals surface area (Å²) in [7, 11) is -5.06. The van der Waals surface area contributed by atoms with Crippen LogP contribution in [0, 0.1) is 25.1 Å². The molecular formula is C70H79F4N11O15S3. The number of benzene rings is 5. The van der Waals surface area contributed by atoms with Crippen molar-refractivity contribution >= 4 is 71.9 Å². The molecule has 0 aliphatic carbocycles. The maximum Gasteiger partial charge on any atom is 0.451 e. The molecule has 3 aromatic heterocycles. The van der Waals surface area contributed by atoms with Crippen molar-refractivity contribution in [2.24, 2.45) is 35.6 Å². The highest BCUT2D eigenvalue weighted by Gasteiger charge is 2.45. The summed E-state index contributed by atoms with van der Waals surface area (Å²) in [5, 5.41) is 13.7. The average Bonchev–Trinajstić information content (AvgIpc) is 1.80. The number of esters is 2. The number of alkyl halides is 3. The number of anilines is 1. The standard InChI is InChI=1S/C23H32N2O4.C18H17NO3.C16H17N3O5S.C13H13F4N5O3S2/c1-7-16-13-15(3)14-17(8-2)18(16)19-20(26)24-9-11-28-12-10-25(24)21(19)29-22(27)23(4,5)6;1-2-21-17(20)16-13-18(22-19-16,14-9-5-3-6-10-14)15-11-7-4-8-12-15;1-9-10(15(20)11-8-17-19(2)16(11)21)4-5-13(25(3,22)23)14(9)12-6-7-24-18-12;1-3-27(24,25)20-8-5-9(7(14)4-6(8)10(18)26)22-12(23)21(2)11(19-22)13(15,16)17/h13-14H,7-12H2,1-6H3;3-12H,2,13H2,1H3;4-5,8,17H,6-7H2,1-3H3;4-5,20H,3H2,1-2H3,(H2,18,26). The van der Waals surface area contributed by atoms with Crippen molar-refractivity contribution in [1.82, 2.24) is 33.5 Å². The Balaban J connectivity index is 0.000000175. The fraction of sp³-hybridized carbons (Fsp3) is 0.371. The van der Waals surface area contributed by atoms with Crippen molar-refractivity contribution in [2.45, 2.75) is 118 Å². The van der Waals surface area contributed by atoms with Gasteiger partial charge in [0.05, 0.1) is 66.8 Å². The Morgan fingerprint density at radius 1 is 0.777 bits per heavy atom. The van der Waals surface area contributed by atoms with Crippen LogP contribution < -0.4 is 32.0 Å². The molecule has 103 heavy (non-hydrogen) atoms. The molecule has 0 fully saturated rings. The molecule has 0 spiro atoms. The summed E-state index contributed by atoms with van der Waals surface area (Å²) in [6.07, 6.45) is -0.113. The number of nitrogens with one attached hydrogen (secondary N) is 2. The monoisotopic (exact) mass is 1490 g/mol. The number of carbonyl (C=O) groups excluding carboxylic acids is 3. The predicted octanol–water partition coefficient (Wildman–Crippen LogP) is 8.91. The minimum Gasteiger partial charge on any atom is -0.461 e. The molecule has 3 aliphatic rings. The van der Waals surface area contributed by atoms with Gasteiger partial charge in [-0.05, 0) is 108 Å². The number of aryl methyl sites for hydroxylation is 4. The third kappa shape index (κ3) is 17.3. The SMILES string of the molecule is CCOC(=O)C1=NOC(c2ccccc2)(c2ccccc2)C1.CCS(=O)(=O)Nc1cc(-n2nc(C(F)(F)F)n(C)c2=O)c(F)cc1C(N)=S.CCc1cc(C)cc(CC)c1-c1c(OC(=O)C(C)(C)C)n2n(c1=O)CCOCC2.Cc1c(C(=O)c2c[nH]n(C)c2=O)ccc(S(C)(=O)=O)c1C1=NOCC1. The van der Waals surface area contributed by atoms with Gasteiger partial charge in [-0.25, -0.2) is 40.2 Å². The number of ketones is 1. The van der Waals surface area contributed by atoms with E-state index in [0.29, 0.717) is 92.4 Å². The van der Waals surface area contributed by atoms with E-state index in [1.54, 1.807) is 23.2 Å². The zero-order chi connectivity index (χ0) is 75.8. The van der Waals surface area contributed by atoms with Gasteiger partial charge in [-0.3, -0.25) is 33.1 Å². The molecule has 26 nitrogen and oxygen atoms in total.